The molecule has 0 aromatic carbocycles. The van der Waals surface area contributed by atoms with Crippen LogP contribution in [0.1, 0.15) is 10.4 Å². The summed E-state index contributed by atoms with van der Waals surface area (Å²) in [6, 6.07) is 0.628. The van der Waals surface area contributed by atoms with Gasteiger partial charge in [0.25, 0.3) is 0 Å². The first-order chi connectivity index (χ1) is 7.19. The van der Waals surface area contributed by atoms with Crippen molar-refractivity contribution in [2.75, 3.05) is 18.5 Å². The Kier molecular flexibility index (Phi) is 3.95. The highest BCUT2D eigenvalue weighted by molar-refractivity contribution is 5.92. The number of nitrogens with one attached hydrogen (secondary N) is 1. The molecule has 0 amide bonds. The summed E-state index contributed by atoms with van der Waals surface area (Å²) in [5, 5.41) is 36.0. The number of anilines is 1. The molecule has 1 aromatic heterocycles. The summed E-state index contributed by atoms with van der Waals surface area (Å²) in [5.74, 6) is -1.12. The van der Waals surface area contributed by atoms with Gasteiger partial charge in [-0.15, -0.1) is 5.10 Å². The zero-order chi connectivity index (χ0) is 11.3. The SMILES string of the molecule is O=C(O)c1ccnnc1NC(CO)CO. The van der Waals surface area contributed by atoms with Crippen LogP contribution < -0.4 is 5.32 Å². The van der Waals surface area contributed by atoms with Crippen LogP contribution in [0.3, 0.4) is 0 Å². The first kappa shape index (κ1) is 11.3. The number of hydrogen-bond acceptors (Lipinski definition) is 6. The summed E-state index contributed by atoms with van der Waals surface area (Å²) in [5.41, 5.74) is -0.0584. The molecule has 0 atom stereocenters. The Hall–Kier alpha value is -1.73. The number of carboxylic acid groups (broad SMARTS) is 1. The number of aromatic carboxylic acids is 1. The molecular formula is C8H11N3O4. The van der Waals surface area contributed by atoms with Crippen LogP contribution in [0, 0.1) is 0 Å². The molecule has 0 saturated heterocycles. The van der Waals surface area contributed by atoms with Gasteiger partial charge < -0.3 is 20.6 Å². The molecule has 15 heavy (non-hydrogen) atoms. The zero-order valence-corrected chi connectivity index (χ0v) is 7.79. The van der Waals surface area contributed by atoms with Crippen molar-refractivity contribution in [1.29, 1.82) is 0 Å². The van der Waals surface area contributed by atoms with E-state index in [2.05, 4.69) is 15.5 Å². The standard InChI is InChI=1S/C8H11N3O4/c12-3-5(4-13)10-7-6(8(14)15)1-2-9-11-7/h1-2,5,12-13H,3-4H2,(H,10,11)(H,14,15). The lowest BCUT2D eigenvalue weighted by Gasteiger charge is -2.14. The van der Waals surface area contributed by atoms with E-state index in [-0.39, 0.29) is 24.6 Å². The average Bonchev–Trinajstić information content (AvgIpc) is 2.26. The van der Waals surface area contributed by atoms with Gasteiger partial charge in [0.2, 0.25) is 0 Å². The monoisotopic (exact) mass is 213 g/mol. The second-order valence-corrected chi connectivity index (χ2v) is 2.81. The molecule has 7 nitrogen and oxygen atoms in total. The van der Waals surface area contributed by atoms with Crippen molar-refractivity contribution in [3.05, 3.63) is 17.8 Å². The molecule has 82 valence electrons. The van der Waals surface area contributed by atoms with Crippen molar-refractivity contribution in [2.24, 2.45) is 0 Å². The molecule has 0 radical (unpaired) electrons. The maximum absolute atomic E-state index is 10.7. The van der Waals surface area contributed by atoms with Gasteiger partial charge in [-0.25, -0.2) is 4.79 Å². The lowest BCUT2D eigenvalue weighted by Crippen LogP contribution is -2.29. The Morgan fingerprint density at radius 3 is 2.67 bits per heavy atom. The van der Waals surface area contributed by atoms with Gasteiger partial charge in [0, 0.05) is 0 Å². The molecule has 0 unspecified atom stereocenters. The minimum absolute atomic E-state index is 0.0260. The largest absolute Gasteiger partial charge is 0.478 e. The van der Waals surface area contributed by atoms with Crippen LogP contribution in [0.25, 0.3) is 0 Å². The predicted molar refractivity (Wildman–Crippen MR) is 50.6 cm³/mol. The molecule has 1 aromatic rings. The van der Waals surface area contributed by atoms with E-state index in [1.54, 1.807) is 0 Å². The molecule has 0 aliphatic carbocycles. The number of hydrogen-bond donors (Lipinski definition) is 4. The van der Waals surface area contributed by atoms with Gasteiger partial charge in [0.15, 0.2) is 5.82 Å². The van der Waals surface area contributed by atoms with Crippen LogP contribution in [0.4, 0.5) is 5.82 Å². The van der Waals surface area contributed by atoms with Crippen LogP contribution in [0.15, 0.2) is 12.3 Å². The van der Waals surface area contributed by atoms with Crippen LogP contribution in [-0.2, 0) is 0 Å². The Morgan fingerprint density at radius 1 is 1.47 bits per heavy atom. The Morgan fingerprint density at radius 2 is 2.13 bits per heavy atom. The second-order valence-electron chi connectivity index (χ2n) is 2.81. The number of rotatable bonds is 5. The van der Waals surface area contributed by atoms with Gasteiger partial charge >= 0.3 is 5.97 Å². The molecule has 0 spiro atoms. The van der Waals surface area contributed by atoms with Crippen molar-refractivity contribution in [3.63, 3.8) is 0 Å². The maximum atomic E-state index is 10.7. The van der Waals surface area contributed by atoms with E-state index in [4.69, 9.17) is 15.3 Å². The summed E-state index contributed by atoms with van der Waals surface area (Å²) in [6.07, 6.45) is 1.25. The highest BCUT2D eigenvalue weighted by atomic mass is 16.4. The van der Waals surface area contributed by atoms with E-state index in [9.17, 15) is 4.79 Å². The summed E-state index contributed by atoms with van der Waals surface area (Å²) < 4.78 is 0. The van der Waals surface area contributed by atoms with E-state index >= 15 is 0 Å². The first-order valence-electron chi connectivity index (χ1n) is 4.22. The summed E-state index contributed by atoms with van der Waals surface area (Å²) in [7, 11) is 0. The Labute approximate surface area is 85.4 Å². The minimum atomic E-state index is -1.15. The summed E-state index contributed by atoms with van der Waals surface area (Å²) in [6.45, 7) is -0.654. The molecular weight excluding hydrogens is 202 g/mol. The zero-order valence-electron chi connectivity index (χ0n) is 7.79. The predicted octanol–water partition coefficient (Wildman–Crippen LogP) is -1.06. The Balaban J connectivity index is 2.88. The molecule has 0 aliphatic rings. The van der Waals surface area contributed by atoms with Gasteiger partial charge in [-0.1, -0.05) is 0 Å². The van der Waals surface area contributed by atoms with Crippen molar-refractivity contribution in [2.45, 2.75) is 6.04 Å². The average molecular weight is 213 g/mol. The van der Waals surface area contributed by atoms with Crippen LogP contribution in [-0.4, -0.2) is 50.7 Å². The van der Waals surface area contributed by atoms with Crippen LogP contribution in [0.2, 0.25) is 0 Å². The number of aliphatic hydroxyl groups excluding tert-OH is 2. The molecule has 1 rings (SSSR count). The highest BCUT2D eigenvalue weighted by Gasteiger charge is 2.14. The number of carboxylic acids is 1. The number of nitrogens with zero attached hydrogens (tertiary/aromatic N) is 2. The van der Waals surface area contributed by atoms with E-state index in [1.165, 1.54) is 12.3 Å². The molecule has 1 heterocycles. The summed E-state index contributed by atoms with van der Waals surface area (Å²) in [4.78, 5) is 10.7. The molecule has 0 bridgehead atoms. The molecule has 4 N–H and O–H groups in total. The van der Waals surface area contributed by atoms with E-state index < -0.39 is 12.0 Å². The minimum Gasteiger partial charge on any atom is -0.478 e. The lowest BCUT2D eigenvalue weighted by atomic mass is 10.2. The Bertz CT molecular complexity index is 340. The molecule has 7 heteroatoms. The van der Waals surface area contributed by atoms with Gasteiger partial charge in [0.05, 0.1) is 25.5 Å². The topological polar surface area (TPSA) is 116 Å². The van der Waals surface area contributed by atoms with Crippen molar-refractivity contribution in [1.82, 2.24) is 10.2 Å². The molecule has 0 saturated carbocycles. The van der Waals surface area contributed by atoms with Crippen LogP contribution in [0.5, 0.6) is 0 Å². The first-order valence-corrected chi connectivity index (χ1v) is 4.22. The highest BCUT2D eigenvalue weighted by Crippen LogP contribution is 2.10. The normalized spacial score (nSPS) is 10.3. The lowest BCUT2D eigenvalue weighted by molar-refractivity contribution is 0.0697. The van der Waals surface area contributed by atoms with Crippen molar-refractivity contribution >= 4 is 11.8 Å². The maximum Gasteiger partial charge on any atom is 0.339 e. The van der Waals surface area contributed by atoms with E-state index in [0.717, 1.165) is 0 Å². The van der Waals surface area contributed by atoms with E-state index in [0.29, 0.717) is 0 Å². The van der Waals surface area contributed by atoms with Gasteiger partial charge in [-0.05, 0) is 6.07 Å². The van der Waals surface area contributed by atoms with Gasteiger partial charge in [-0.3, -0.25) is 0 Å². The quantitative estimate of drug-likeness (QED) is 0.492. The van der Waals surface area contributed by atoms with Gasteiger partial charge in [0.1, 0.15) is 5.56 Å². The summed E-state index contributed by atoms with van der Waals surface area (Å²) >= 11 is 0. The van der Waals surface area contributed by atoms with Gasteiger partial charge in [-0.2, -0.15) is 5.10 Å². The molecule has 0 aliphatic heterocycles. The van der Waals surface area contributed by atoms with Crippen molar-refractivity contribution < 1.29 is 20.1 Å². The fraction of sp³-hybridized carbons (Fsp3) is 0.375. The fourth-order valence-electron chi connectivity index (χ4n) is 0.953. The third-order valence-electron chi connectivity index (χ3n) is 1.73. The van der Waals surface area contributed by atoms with E-state index in [1.807, 2.05) is 0 Å². The smallest absolute Gasteiger partial charge is 0.339 e. The number of carbonyl (C=O) groups is 1. The third-order valence-corrected chi connectivity index (χ3v) is 1.73. The second kappa shape index (κ2) is 5.23. The number of aromatic nitrogens is 2. The third kappa shape index (κ3) is 2.86. The van der Waals surface area contributed by atoms with Crippen LogP contribution >= 0.6 is 0 Å². The van der Waals surface area contributed by atoms with Crippen molar-refractivity contribution in [3.8, 4) is 0 Å². The molecule has 0 fully saturated rings. The fourth-order valence-corrected chi connectivity index (χ4v) is 0.953. The number of aliphatic hydroxyl groups is 2.